The Morgan fingerprint density at radius 2 is 1.74 bits per heavy atom. The van der Waals surface area contributed by atoms with Crippen LogP contribution in [0.4, 0.5) is 5.69 Å². The van der Waals surface area contributed by atoms with Crippen LogP contribution in [0.15, 0.2) is 36.4 Å². The number of benzene rings is 2. The van der Waals surface area contributed by atoms with Gasteiger partial charge in [0, 0.05) is 6.54 Å². The molecule has 0 saturated carbocycles. The summed E-state index contributed by atoms with van der Waals surface area (Å²) in [6.45, 7) is 2.74. The third-order valence-electron chi connectivity index (χ3n) is 4.08. The number of halogens is 3. The molecule has 0 aliphatic carbocycles. The highest BCUT2D eigenvalue weighted by molar-refractivity contribution is 6.44. The van der Waals surface area contributed by atoms with E-state index in [1.165, 1.54) is 12.1 Å². The van der Waals surface area contributed by atoms with Crippen molar-refractivity contribution >= 4 is 46.4 Å². The summed E-state index contributed by atoms with van der Waals surface area (Å²) in [5.74, 6) is 1.11. The van der Waals surface area contributed by atoms with Crippen molar-refractivity contribution in [3.63, 3.8) is 0 Å². The van der Waals surface area contributed by atoms with Crippen LogP contribution in [0.3, 0.4) is 0 Å². The summed E-state index contributed by atoms with van der Waals surface area (Å²) in [5.41, 5.74) is 0.418. The highest BCUT2D eigenvalue weighted by atomic mass is 35.5. The number of likely N-dealkylation sites (N-methyl/N-ethyl adjacent to an activating group) is 1. The van der Waals surface area contributed by atoms with E-state index in [4.69, 9.17) is 44.3 Å². The van der Waals surface area contributed by atoms with Gasteiger partial charge in [0.25, 0.3) is 0 Å². The molecule has 0 fully saturated rings. The molecule has 0 aliphatic rings. The summed E-state index contributed by atoms with van der Waals surface area (Å²) in [6.07, 6.45) is 0. The second-order valence-corrected chi connectivity index (χ2v) is 7.11. The van der Waals surface area contributed by atoms with Crippen molar-refractivity contribution in [2.45, 2.75) is 13.0 Å². The van der Waals surface area contributed by atoms with Crippen LogP contribution < -0.4 is 14.8 Å². The normalized spacial score (nSPS) is 12.0. The Labute approximate surface area is 174 Å². The molecule has 0 heterocycles. The van der Waals surface area contributed by atoms with Crippen LogP contribution in [0, 0.1) is 0 Å². The fourth-order valence-electron chi connectivity index (χ4n) is 2.29. The highest BCUT2D eigenvalue weighted by Crippen LogP contribution is 2.32. The molecule has 2 aromatic carbocycles. The quantitative estimate of drug-likeness (QED) is 0.598. The van der Waals surface area contributed by atoms with Gasteiger partial charge >= 0.3 is 0 Å². The zero-order valence-electron chi connectivity index (χ0n) is 15.3. The Bertz CT molecular complexity index is 802. The number of para-hydroxylation sites is 2. The van der Waals surface area contributed by atoms with Crippen molar-refractivity contribution in [3.8, 4) is 11.5 Å². The third-order valence-corrected chi connectivity index (χ3v) is 5.11. The maximum atomic E-state index is 12.5. The van der Waals surface area contributed by atoms with Crippen LogP contribution in [0.2, 0.25) is 15.1 Å². The molecule has 0 aromatic heterocycles. The van der Waals surface area contributed by atoms with Crippen LogP contribution in [0.1, 0.15) is 6.92 Å². The van der Waals surface area contributed by atoms with Crippen molar-refractivity contribution in [2.75, 3.05) is 32.6 Å². The highest BCUT2D eigenvalue weighted by Gasteiger charge is 2.19. The summed E-state index contributed by atoms with van der Waals surface area (Å²) in [5, 5.41) is 3.75. The molecule has 2 aromatic rings. The van der Waals surface area contributed by atoms with E-state index < -0.39 is 6.04 Å². The predicted molar refractivity (Wildman–Crippen MR) is 111 cm³/mol. The molecule has 0 radical (unpaired) electrons. The average molecular weight is 432 g/mol. The molecule has 1 amide bonds. The maximum absolute atomic E-state index is 12.5. The van der Waals surface area contributed by atoms with E-state index in [0.717, 1.165) is 0 Å². The first-order valence-corrected chi connectivity index (χ1v) is 9.38. The number of carbonyl (C=O) groups is 1. The second-order valence-electron chi connectivity index (χ2n) is 5.89. The smallest absolute Gasteiger partial charge is 0.241 e. The number of rotatable bonds is 8. The van der Waals surface area contributed by atoms with E-state index >= 15 is 0 Å². The van der Waals surface area contributed by atoms with Crippen molar-refractivity contribution in [1.82, 2.24) is 4.90 Å². The molecule has 1 atom stereocenters. The molecule has 0 aliphatic heterocycles. The number of anilines is 1. The number of amides is 1. The summed E-state index contributed by atoms with van der Waals surface area (Å²) >= 11 is 18.0. The van der Waals surface area contributed by atoms with Gasteiger partial charge in [0.2, 0.25) is 5.91 Å². The van der Waals surface area contributed by atoms with E-state index in [1.807, 2.05) is 36.2 Å². The zero-order chi connectivity index (χ0) is 20.0. The first-order valence-electron chi connectivity index (χ1n) is 8.25. The average Bonchev–Trinajstić information content (AvgIpc) is 2.65. The van der Waals surface area contributed by atoms with E-state index in [0.29, 0.717) is 45.4 Å². The Hall–Kier alpha value is -1.66. The Balaban J connectivity index is 1.89. The van der Waals surface area contributed by atoms with Crippen LogP contribution in [0.5, 0.6) is 11.5 Å². The fraction of sp³-hybridized carbons (Fsp3) is 0.316. The number of nitrogens with one attached hydrogen (secondary N) is 1. The summed E-state index contributed by atoms with van der Waals surface area (Å²) < 4.78 is 11.0. The molecule has 2 rings (SSSR count). The van der Waals surface area contributed by atoms with Crippen LogP contribution in [-0.4, -0.2) is 44.2 Å². The lowest BCUT2D eigenvalue weighted by atomic mass is 10.2. The molecular formula is C19H21Cl3N2O3. The molecule has 27 heavy (non-hydrogen) atoms. The minimum Gasteiger partial charge on any atom is -0.493 e. The molecule has 0 bridgehead atoms. The number of nitrogens with zero attached hydrogens (tertiary/aromatic N) is 1. The van der Waals surface area contributed by atoms with Gasteiger partial charge in [-0.25, -0.2) is 0 Å². The minimum absolute atomic E-state index is 0.213. The number of hydrogen-bond donors (Lipinski definition) is 1. The third kappa shape index (κ3) is 5.91. The molecule has 1 unspecified atom stereocenters. The van der Waals surface area contributed by atoms with Gasteiger partial charge < -0.3 is 14.8 Å². The molecular weight excluding hydrogens is 411 g/mol. The lowest BCUT2D eigenvalue weighted by Gasteiger charge is -2.24. The zero-order valence-corrected chi connectivity index (χ0v) is 17.5. The Morgan fingerprint density at radius 1 is 1.11 bits per heavy atom. The Kier molecular flexibility index (Phi) is 8.05. The molecule has 8 heteroatoms. The van der Waals surface area contributed by atoms with Crippen molar-refractivity contribution < 1.29 is 14.3 Å². The van der Waals surface area contributed by atoms with Gasteiger partial charge in [0.1, 0.15) is 6.61 Å². The molecule has 5 nitrogen and oxygen atoms in total. The van der Waals surface area contributed by atoms with Gasteiger partial charge in [-0.3, -0.25) is 9.69 Å². The van der Waals surface area contributed by atoms with Crippen LogP contribution >= 0.6 is 34.8 Å². The summed E-state index contributed by atoms with van der Waals surface area (Å²) in [6, 6.07) is 10.0. The fourth-order valence-corrected chi connectivity index (χ4v) is 2.88. The van der Waals surface area contributed by atoms with Gasteiger partial charge in [0.05, 0.1) is 33.9 Å². The number of ether oxygens (including phenoxy) is 2. The van der Waals surface area contributed by atoms with E-state index in [9.17, 15) is 4.79 Å². The Morgan fingerprint density at radius 3 is 2.41 bits per heavy atom. The lowest BCUT2D eigenvalue weighted by Crippen LogP contribution is -2.41. The predicted octanol–water partition coefficient (Wildman–Crippen LogP) is 4.99. The number of methoxy groups -OCH3 is 1. The van der Waals surface area contributed by atoms with Crippen LogP contribution in [0.25, 0.3) is 0 Å². The van der Waals surface area contributed by atoms with Crippen LogP contribution in [-0.2, 0) is 4.79 Å². The van der Waals surface area contributed by atoms with Crippen molar-refractivity contribution in [3.05, 3.63) is 51.5 Å². The summed E-state index contributed by atoms with van der Waals surface area (Å²) in [4.78, 5) is 14.4. The van der Waals surface area contributed by atoms with Crippen molar-refractivity contribution in [1.29, 1.82) is 0 Å². The van der Waals surface area contributed by atoms with E-state index in [-0.39, 0.29) is 5.91 Å². The second kappa shape index (κ2) is 10.0. The SMILES string of the molecule is COc1ccccc1OCCN(C)C(C)C(=O)Nc1cc(Cl)c(Cl)cc1Cl. The topological polar surface area (TPSA) is 50.8 Å². The van der Waals surface area contributed by atoms with E-state index in [1.54, 1.807) is 14.0 Å². The maximum Gasteiger partial charge on any atom is 0.241 e. The molecule has 0 saturated heterocycles. The van der Waals surface area contributed by atoms with Crippen molar-refractivity contribution in [2.24, 2.45) is 0 Å². The summed E-state index contributed by atoms with van der Waals surface area (Å²) in [7, 11) is 3.43. The van der Waals surface area contributed by atoms with Gasteiger partial charge in [-0.15, -0.1) is 0 Å². The van der Waals surface area contributed by atoms with Gasteiger partial charge in [0.15, 0.2) is 11.5 Å². The van der Waals surface area contributed by atoms with Gasteiger partial charge in [-0.1, -0.05) is 46.9 Å². The van der Waals surface area contributed by atoms with Gasteiger partial charge in [-0.05, 0) is 38.2 Å². The largest absolute Gasteiger partial charge is 0.493 e. The molecule has 146 valence electrons. The number of carbonyl (C=O) groups excluding carboxylic acids is 1. The monoisotopic (exact) mass is 430 g/mol. The van der Waals surface area contributed by atoms with Gasteiger partial charge in [-0.2, -0.15) is 0 Å². The molecule has 0 spiro atoms. The van der Waals surface area contributed by atoms with E-state index in [2.05, 4.69) is 5.32 Å². The molecule has 1 N–H and O–H groups in total. The minimum atomic E-state index is -0.406. The lowest BCUT2D eigenvalue weighted by molar-refractivity contribution is -0.120. The number of hydrogen-bond acceptors (Lipinski definition) is 4. The first kappa shape index (κ1) is 21.6. The first-order chi connectivity index (χ1) is 12.8. The standard InChI is InChI=1S/C19H21Cl3N2O3/c1-12(19(25)23-16-11-14(21)13(20)10-15(16)22)24(2)8-9-27-18-7-5-4-6-17(18)26-3/h4-7,10-12H,8-9H2,1-3H3,(H,23,25).